The van der Waals surface area contributed by atoms with Gasteiger partial charge in [-0.2, -0.15) is 0 Å². The Kier molecular flexibility index (Phi) is 7.70. The SMILES string of the molecule is Cc1ccc(C(=O)Nc2ccc(C3CCN(C(C)(C)C)CC3)cc2)cc1Nc1nccc(-c2cccnc2)n1. The van der Waals surface area contributed by atoms with Crippen LogP contribution in [0.15, 0.2) is 79.3 Å². The number of aromatic nitrogens is 3. The molecule has 0 saturated carbocycles. The lowest BCUT2D eigenvalue weighted by atomic mass is 9.87. The molecular formula is C32H36N6O. The standard InChI is InChI=1S/C32H36N6O/c1-22-7-8-25(20-29(22)37-31-34-17-13-28(36-31)26-6-5-16-33-21-26)30(39)35-27-11-9-23(10-12-27)24-14-18-38(19-15-24)32(2,3)4/h5-13,16-17,20-21,24H,14-15,18-19H2,1-4H3,(H,35,39)(H,34,36,37). The summed E-state index contributed by atoms with van der Waals surface area (Å²) in [5, 5.41) is 6.31. The van der Waals surface area contributed by atoms with Crippen molar-refractivity contribution < 1.29 is 4.79 Å². The largest absolute Gasteiger partial charge is 0.324 e. The summed E-state index contributed by atoms with van der Waals surface area (Å²) in [7, 11) is 0. The molecule has 1 fully saturated rings. The van der Waals surface area contributed by atoms with Crippen LogP contribution in [0.4, 0.5) is 17.3 Å². The molecule has 7 nitrogen and oxygen atoms in total. The van der Waals surface area contributed by atoms with Crippen LogP contribution in [0.5, 0.6) is 0 Å². The third kappa shape index (κ3) is 6.49. The first kappa shape index (κ1) is 26.5. The molecule has 0 atom stereocenters. The number of aryl methyl sites for hydroxylation is 1. The molecule has 2 aromatic carbocycles. The molecule has 2 aromatic heterocycles. The zero-order chi connectivity index (χ0) is 27.4. The summed E-state index contributed by atoms with van der Waals surface area (Å²) in [6, 6.07) is 19.6. The predicted octanol–water partition coefficient (Wildman–Crippen LogP) is 6.82. The van der Waals surface area contributed by atoms with Crippen molar-refractivity contribution in [3.05, 3.63) is 95.9 Å². The average Bonchev–Trinajstić information content (AvgIpc) is 2.95. The van der Waals surface area contributed by atoms with E-state index in [0.717, 1.165) is 54.1 Å². The maximum absolute atomic E-state index is 13.1. The van der Waals surface area contributed by atoms with Crippen molar-refractivity contribution in [2.45, 2.75) is 52.0 Å². The first-order valence-electron chi connectivity index (χ1n) is 13.5. The summed E-state index contributed by atoms with van der Waals surface area (Å²) in [6.45, 7) is 11.1. The fourth-order valence-electron chi connectivity index (χ4n) is 5.04. The topological polar surface area (TPSA) is 83.0 Å². The van der Waals surface area contributed by atoms with E-state index < -0.39 is 0 Å². The summed E-state index contributed by atoms with van der Waals surface area (Å²) in [5.74, 6) is 0.869. The molecule has 200 valence electrons. The Morgan fingerprint density at radius 2 is 1.74 bits per heavy atom. The monoisotopic (exact) mass is 520 g/mol. The smallest absolute Gasteiger partial charge is 0.255 e. The van der Waals surface area contributed by atoms with Crippen molar-refractivity contribution >= 4 is 23.2 Å². The number of hydrogen-bond acceptors (Lipinski definition) is 6. The average molecular weight is 521 g/mol. The number of carbonyl (C=O) groups is 1. The number of pyridine rings is 1. The molecule has 0 unspecified atom stereocenters. The maximum Gasteiger partial charge on any atom is 0.255 e. The molecule has 7 heteroatoms. The minimum Gasteiger partial charge on any atom is -0.324 e. The van der Waals surface area contributed by atoms with Gasteiger partial charge in [-0.3, -0.25) is 14.7 Å². The number of amides is 1. The summed E-state index contributed by atoms with van der Waals surface area (Å²) >= 11 is 0. The van der Waals surface area contributed by atoms with E-state index in [1.165, 1.54) is 5.56 Å². The van der Waals surface area contributed by atoms with Gasteiger partial charge in [-0.15, -0.1) is 0 Å². The van der Waals surface area contributed by atoms with Gasteiger partial charge >= 0.3 is 0 Å². The van der Waals surface area contributed by atoms with Gasteiger partial charge in [0, 0.05) is 46.6 Å². The Balaban J connectivity index is 1.23. The summed E-state index contributed by atoms with van der Waals surface area (Å²) in [5.41, 5.74) is 6.37. The van der Waals surface area contributed by atoms with Gasteiger partial charge in [0.25, 0.3) is 5.91 Å². The van der Waals surface area contributed by atoms with Crippen LogP contribution in [0.1, 0.15) is 61.0 Å². The van der Waals surface area contributed by atoms with E-state index in [4.69, 9.17) is 0 Å². The van der Waals surface area contributed by atoms with Gasteiger partial charge in [-0.1, -0.05) is 18.2 Å². The molecule has 1 aliphatic rings. The second kappa shape index (κ2) is 11.3. The molecule has 39 heavy (non-hydrogen) atoms. The molecule has 4 aromatic rings. The molecular weight excluding hydrogens is 484 g/mol. The van der Waals surface area contributed by atoms with Crippen molar-refractivity contribution in [2.75, 3.05) is 23.7 Å². The van der Waals surface area contributed by atoms with Gasteiger partial charge in [-0.25, -0.2) is 9.97 Å². The van der Waals surface area contributed by atoms with E-state index in [0.29, 0.717) is 17.4 Å². The number of benzene rings is 2. The number of nitrogens with one attached hydrogen (secondary N) is 2. The van der Waals surface area contributed by atoms with E-state index in [1.807, 2.05) is 55.5 Å². The predicted molar refractivity (Wildman–Crippen MR) is 157 cm³/mol. The third-order valence-electron chi connectivity index (χ3n) is 7.44. The summed E-state index contributed by atoms with van der Waals surface area (Å²) in [4.78, 5) is 28.8. The van der Waals surface area contributed by atoms with Gasteiger partial charge in [0.2, 0.25) is 5.95 Å². The maximum atomic E-state index is 13.1. The number of hydrogen-bond donors (Lipinski definition) is 2. The first-order chi connectivity index (χ1) is 18.8. The quantitative estimate of drug-likeness (QED) is 0.290. The summed E-state index contributed by atoms with van der Waals surface area (Å²) in [6.07, 6.45) is 7.54. The van der Waals surface area contributed by atoms with E-state index in [9.17, 15) is 4.79 Å². The van der Waals surface area contributed by atoms with Gasteiger partial charge in [0.1, 0.15) is 0 Å². The molecule has 0 bridgehead atoms. The number of likely N-dealkylation sites (tertiary alicyclic amines) is 1. The Morgan fingerprint density at radius 3 is 2.44 bits per heavy atom. The van der Waals surface area contributed by atoms with Crippen molar-refractivity contribution in [3.8, 4) is 11.3 Å². The van der Waals surface area contributed by atoms with Crippen LogP contribution in [0.3, 0.4) is 0 Å². The van der Waals surface area contributed by atoms with Gasteiger partial charge < -0.3 is 10.6 Å². The molecule has 3 heterocycles. The normalized spacial score (nSPS) is 14.7. The summed E-state index contributed by atoms with van der Waals surface area (Å²) < 4.78 is 0. The molecule has 1 saturated heterocycles. The first-order valence-corrected chi connectivity index (χ1v) is 13.5. The van der Waals surface area contributed by atoms with Crippen LogP contribution < -0.4 is 10.6 Å². The van der Waals surface area contributed by atoms with Crippen LogP contribution >= 0.6 is 0 Å². The number of anilines is 3. The van der Waals surface area contributed by atoms with Crippen LogP contribution in [-0.2, 0) is 0 Å². The molecule has 1 amide bonds. The van der Waals surface area contributed by atoms with Crippen molar-refractivity contribution in [3.63, 3.8) is 0 Å². The fraction of sp³-hybridized carbons (Fsp3) is 0.312. The third-order valence-corrected chi connectivity index (χ3v) is 7.44. The highest BCUT2D eigenvalue weighted by atomic mass is 16.1. The minimum absolute atomic E-state index is 0.158. The highest BCUT2D eigenvalue weighted by molar-refractivity contribution is 6.05. The highest BCUT2D eigenvalue weighted by Crippen LogP contribution is 2.32. The Labute approximate surface area is 230 Å². The Morgan fingerprint density at radius 1 is 0.974 bits per heavy atom. The lowest BCUT2D eigenvalue weighted by Gasteiger charge is -2.41. The van der Waals surface area contributed by atoms with E-state index in [2.05, 4.69) is 63.4 Å². The zero-order valence-corrected chi connectivity index (χ0v) is 23.1. The Hall–Kier alpha value is -4.10. The molecule has 0 aliphatic carbocycles. The fourth-order valence-corrected chi connectivity index (χ4v) is 5.04. The van der Waals surface area contributed by atoms with Crippen LogP contribution in [-0.4, -0.2) is 44.4 Å². The van der Waals surface area contributed by atoms with Gasteiger partial charge in [0.05, 0.1) is 5.69 Å². The minimum atomic E-state index is -0.158. The number of nitrogens with zero attached hydrogens (tertiary/aromatic N) is 4. The van der Waals surface area contributed by atoms with Crippen LogP contribution in [0.25, 0.3) is 11.3 Å². The van der Waals surface area contributed by atoms with Crippen molar-refractivity contribution in [1.29, 1.82) is 0 Å². The second-order valence-electron chi connectivity index (χ2n) is 11.2. The highest BCUT2D eigenvalue weighted by Gasteiger charge is 2.27. The van der Waals surface area contributed by atoms with Crippen molar-refractivity contribution in [1.82, 2.24) is 19.9 Å². The van der Waals surface area contributed by atoms with E-state index in [-0.39, 0.29) is 11.4 Å². The molecule has 0 radical (unpaired) electrons. The number of rotatable bonds is 6. The Bertz CT molecular complexity index is 1420. The zero-order valence-electron chi connectivity index (χ0n) is 23.1. The van der Waals surface area contributed by atoms with Gasteiger partial charge in [0.15, 0.2) is 0 Å². The lowest BCUT2D eigenvalue weighted by molar-refractivity contribution is 0.102. The van der Waals surface area contributed by atoms with Crippen LogP contribution in [0.2, 0.25) is 0 Å². The van der Waals surface area contributed by atoms with Gasteiger partial charge in [-0.05, 0) is 113 Å². The van der Waals surface area contributed by atoms with E-state index in [1.54, 1.807) is 18.6 Å². The number of carbonyl (C=O) groups excluding carboxylic acids is 1. The van der Waals surface area contributed by atoms with E-state index >= 15 is 0 Å². The van der Waals surface area contributed by atoms with Crippen molar-refractivity contribution in [2.24, 2.45) is 0 Å². The molecule has 2 N–H and O–H groups in total. The molecule has 5 rings (SSSR count). The van der Waals surface area contributed by atoms with Crippen LogP contribution in [0, 0.1) is 6.92 Å². The lowest BCUT2D eigenvalue weighted by Crippen LogP contribution is -2.45. The number of piperidine rings is 1. The second-order valence-corrected chi connectivity index (χ2v) is 11.2. The molecule has 1 aliphatic heterocycles. The molecule has 0 spiro atoms.